The van der Waals surface area contributed by atoms with Gasteiger partial charge < -0.3 is 10.2 Å². The number of likely N-dealkylation sites (tertiary alicyclic amines) is 1. The highest BCUT2D eigenvalue weighted by Crippen LogP contribution is 2.22. The molecule has 0 saturated carbocycles. The van der Waals surface area contributed by atoms with Crippen LogP contribution in [-0.2, 0) is 4.79 Å². The van der Waals surface area contributed by atoms with Crippen LogP contribution in [0.4, 0.5) is 0 Å². The van der Waals surface area contributed by atoms with Crippen molar-refractivity contribution in [3.63, 3.8) is 0 Å². The molecule has 1 saturated heterocycles. The molecule has 132 valence electrons. The van der Waals surface area contributed by atoms with Crippen molar-refractivity contribution in [1.29, 1.82) is 0 Å². The van der Waals surface area contributed by atoms with Crippen molar-refractivity contribution < 1.29 is 4.79 Å². The van der Waals surface area contributed by atoms with Gasteiger partial charge in [0.2, 0.25) is 5.91 Å². The molecule has 0 spiro atoms. The molecule has 4 heteroatoms. The molecule has 1 N–H and O–H groups in total. The van der Waals surface area contributed by atoms with Gasteiger partial charge >= 0.3 is 0 Å². The molecule has 1 aromatic heterocycles. The second-order valence-corrected chi connectivity index (χ2v) is 6.81. The zero-order valence-electron chi connectivity index (χ0n) is 14.9. The standard InChI is InChI=1S/C21H27N3O/c1-17(23-21(25)10-14-24-12-3-2-4-13-24)18-7-5-8-19(15-18)20-9-6-11-22-16-20/h5-9,11,15-17H,2-4,10,12-14H2,1H3,(H,23,25). The predicted molar refractivity (Wildman–Crippen MR) is 101 cm³/mol. The van der Waals surface area contributed by atoms with E-state index < -0.39 is 0 Å². The van der Waals surface area contributed by atoms with Crippen LogP contribution in [-0.4, -0.2) is 35.4 Å². The summed E-state index contributed by atoms with van der Waals surface area (Å²) in [6, 6.07) is 12.3. The van der Waals surface area contributed by atoms with E-state index in [4.69, 9.17) is 0 Å². The third-order valence-electron chi connectivity index (χ3n) is 4.86. The first-order valence-corrected chi connectivity index (χ1v) is 9.24. The van der Waals surface area contributed by atoms with Crippen molar-refractivity contribution in [2.45, 2.75) is 38.6 Å². The zero-order valence-corrected chi connectivity index (χ0v) is 14.9. The predicted octanol–water partition coefficient (Wildman–Crippen LogP) is 3.80. The Kier molecular flexibility index (Phi) is 6.18. The molecular formula is C21H27N3O. The van der Waals surface area contributed by atoms with Crippen LogP contribution in [0.3, 0.4) is 0 Å². The zero-order chi connectivity index (χ0) is 17.5. The van der Waals surface area contributed by atoms with Crippen LogP contribution in [0.5, 0.6) is 0 Å². The van der Waals surface area contributed by atoms with Crippen molar-refractivity contribution in [2.75, 3.05) is 19.6 Å². The number of aromatic nitrogens is 1. The monoisotopic (exact) mass is 337 g/mol. The SMILES string of the molecule is CC(NC(=O)CCN1CCCCC1)c1cccc(-c2cccnc2)c1. The number of benzene rings is 1. The maximum Gasteiger partial charge on any atom is 0.221 e. The van der Waals surface area contributed by atoms with E-state index in [9.17, 15) is 4.79 Å². The minimum Gasteiger partial charge on any atom is -0.350 e. The number of pyridine rings is 1. The largest absolute Gasteiger partial charge is 0.350 e. The third-order valence-corrected chi connectivity index (χ3v) is 4.86. The molecule has 1 aromatic carbocycles. The fraction of sp³-hybridized carbons (Fsp3) is 0.429. The molecule has 0 aliphatic carbocycles. The van der Waals surface area contributed by atoms with Gasteiger partial charge in [-0.1, -0.05) is 30.7 Å². The summed E-state index contributed by atoms with van der Waals surface area (Å²) < 4.78 is 0. The lowest BCUT2D eigenvalue weighted by Crippen LogP contribution is -2.35. The molecule has 1 atom stereocenters. The van der Waals surface area contributed by atoms with E-state index in [0.717, 1.165) is 36.3 Å². The van der Waals surface area contributed by atoms with Gasteiger partial charge in [-0.3, -0.25) is 9.78 Å². The van der Waals surface area contributed by atoms with Crippen LogP contribution in [0.15, 0.2) is 48.8 Å². The van der Waals surface area contributed by atoms with Crippen LogP contribution in [0.2, 0.25) is 0 Å². The first-order valence-electron chi connectivity index (χ1n) is 9.24. The summed E-state index contributed by atoms with van der Waals surface area (Å²) in [5.41, 5.74) is 3.33. The number of hydrogen-bond acceptors (Lipinski definition) is 3. The molecule has 1 unspecified atom stereocenters. The number of carbonyl (C=O) groups is 1. The minimum absolute atomic E-state index is 0.00507. The van der Waals surface area contributed by atoms with E-state index in [1.807, 2.05) is 31.3 Å². The van der Waals surface area contributed by atoms with E-state index >= 15 is 0 Å². The quantitative estimate of drug-likeness (QED) is 0.872. The van der Waals surface area contributed by atoms with Gasteiger partial charge in [-0.15, -0.1) is 0 Å². The number of amides is 1. The van der Waals surface area contributed by atoms with Crippen LogP contribution >= 0.6 is 0 Å². The summed E-state index contributed by atoms with van der Waals surface area (Å²) in [5.74, 6) is 0.129. The van der Waals surface area contributed by atoms with Crippen molar-refractivity contribution in [1.82, 2.24) is 15.2 Å². The molecule has 4 nitrogen and oxygen atoms in total. The smallest absolute Gasteiger partial charge is 0.221 e. The summed E-state index contributed by atoms with van der Waals surface area (Å²) in [7, 11) is 0. The average molecular weight is 337 g/mol. The molecule has 2 aromatic rings. The highest BCUT2D eigenvalue weighted by Gasteiger charge is 2.14. The van der Waals surface area contributed by atoms with Crippen LogP contribution in [0, 0.1) is 0 Å². The van der Waals surface area contributed by atoms with Gasteiger partial charge in [0.1, 0.15) is 0 Å². The van der Waals surface area contributed by atoms with Crippen molar-refractivity contribution in [3.8, 4) is 11.1 Å². The number of nitrogens with one attached hydrogen (secondary N) is 1. The van der Waals surface area contributed by atoms with Gasteiger partial charge in [-0.2, -0.15) is 0 Å². The Labute approximate surface area is 150 Å². The second-order valence-electron chi connectivity index (χ2n) is 6.81. The molecule has 1 amide bonds. The molecule has 3 rings (SSSR count). The summed E-state index contributed by atoms with van der Waals surface area (Å²) in [6.45, 7) is 5.18. The number of rotatable bonds is 6. The van der Waals surface area contributed by atoms with Gasteiger partial charge in [0.05, 0.1) is 6.04 Å². The van der Waals surface area contributed by atoms with Crippen LogP contribution in [0.25, 0.3) is 11.1 Å². The summed E-state index contributed by atoms with van der Waals surface area (Å²) >= 11 is 0. The number of piperidine rings is 1. The highest BCUT2D eigenvalue weighted by molar-refractivity contribution is 5.76. The number of carbonyl (C=O) groups excluding carboxylic acids is 1. The molecule has 0 bridgehead atoms. The number of nitrogens with zero attached hydrogens (tertiary/aromatic N) is 2. The molecular weight excluding hydrogens is 310 g/mol. The first kappa shape index (κ1) is 17.6. The van der Waals surface area contributed by atoms with Crippen molar-refractivity contribution in [2.24, 2.45) is 0 Å². The number of hydrogen-bond donors (Lipinski definition) is 1. The molecule has 1 aliphatic rings. The Balaban J connectivity index is 1.55. The Morgan fingerprint density at radius 2 is 1.96 bits per heavy atom. The maximum atomic E-state index is 12.3. The lowest BCUT2D eigenvalue weighted by Gasteiger charge is -2.26. The van der Waals surface area contributed by atoms with Gasteiger partial charge in [0, 0.05) is 25.4 Å². The molecule has 0 radical (unpaired) electrons. The molecule has 1 aliphatic heterocycles. The average Bonchev–Trinajstić information content (AvgIpc) is 2.68. The summed E-state index contributed by atoms with van der Waals surface area (Å²) in [5, 5.41) is 3.13. The molecule has 25 heavy (non-hydrogen) atoms. The van der Waals surface area contributed by atoms with Gasteiger partial charge in [0.25, 0.3) is 0 Å². The Morgan fingerprint density at radius 1 is 1.16 bits per heavy atom. The molecule has 1 fully saturated rings. The van der Waals surface area contributed by atoms with Crippen molar-refractivity contribution >= 4 is 5.91 Å². The minimum atomic E-state index is 0.00507. The van der Waals surface area contributed by atoms with E-state index in [-0.39, 0.29) is 11.9 Å². The maximum absolute atomic E-state index is 12.3. The molecule has 2 heterocycles. The lowest BCUT2D eigenvalue weighted by atomic mass is 10.0. The fourth-order valence-corrected chi connectivity index (χ4v) is 3.36. The van der Waals surface area contributed by atoms with E-state index in [2.05, 4.69) is 33.4 Å². The Bertz CT molecular complexity index is 681. The second kappa shape index (κ2) is 8.77. The van der Waals surface area contributed by atoms with Gasteiger partial charge in [-0.25, -0.2) is 0 Å². The summed E-state index contributed by atoms with van der Waals surface area (Å²) in [6.07, 6.45) is 8.07. The first-order chi connectivity index (χ1) is 12.2. The van der Waals surface area contributed by atoms with E-state index in [1.54, 1.807) is 6.20 Å². The topological polar surface area (TPSA) is 45.2 Å². The van der Waals surface area contributed by atoms with Gasteiger partial charge in [-0.05, 0) is 61.7 Å². The van der Waals surface area contributed by atoms with E-state index in [0.29, 0.717) is 6.42 Å². The third kappa shape index (κ3) is 5.13. The Hall–Kier alpha value is -2.20. The van der Waals surface area contributed by atoms with Crippen molar-refractivity contribution in [3.05, 3.63) is 54.4 Å². The van der Waals surface area contributed by atoms with Crippen LogP contribution < -0.4 is 5.32 Å². The highest BCUT2D eigenvalue weighted by atomic mass is 16.1. The summed E-state index contributed by atoms with van der Waals surface area (Å²) in [4.78, 5) is 18.9. The van der Waals surface area contributed by atoms with Crippen LogP contribution in [0.1, 0.15) is 44.2 Å². The lowest BCUT2D eigenvalue weighted by molar-refractivity contribution is -0.122. The van der Waals surface area contributed by atoms with Gasteiger partial charge in [0.15, 0.2) is 0 Å². The van der Waals surface area contributed by atoms with E-state index in [1.165, 1.54) is 19.3 Å². The Morgan fingerprint density at radius 3 is 2.72 bits per heavy atom. The normalized spacial score (nSPS) is 16.4. The fourth-order valence-electron chi connectivity index (χ4n) is 3.36.